The minimum Gasteiger partial charge on any atom is -0.478 e. The second-order valence-electron chi connectivity index (χ2n) is 10.9. The Morgan fingerprint density at radius 3 is 2.08 bits per heavy atom. The number of hydrogen-bond donors (Lipinski definition) is 6. The Morgan fingerprint density at radius 1 is 0.868 bits per heavy atom. The summed E-state index contributed by atoms with van der Waals surface area (Å²) >= 11 is 0. The van der Waals surface area contributed by atoms with Crippen LogP contribution in [0.4, 0.5) is 23.2 Å². The first-order valence-electron chi connectivity index (χ1n) is 14.2. The Kier molecular flexibility index (Phi) is 10.1. The van der Waals surface area contributed by atoms with Gasteiger partial charge in [0.25, 0.3) is 20.2 Å². The van der Waals surface area contributed by atoms with Gasteiger partial charge < -0.3 is 20.0 Å². The number of benzene rings is 4. The summed E-state index contributed by atoms with van der Waals surface area (Å²) in [5.74, 6) is -15.0. The molecular weight excluding hydrogens is 783 g/mol. The smallest absolute Gasteiger partial charge is 0.343 e. The van der Waals surface area contributed by atoms with Crippen molar-refractivity contribution in [1.82, 2.24) is 4.72 Å². The Labute approximate surface area is 294 Å². The Morgan fingerprint density at radius 2 is 1.49 bits per heavy atom. The van der Waals surface area contributed by atoms with Gasteiger partial charge in [0.15, 0.2) is 27.9 Å². The number of nitrogens with two attached hydrogens (primary N) is 1. The van der Waals surface area contributed by atoms with Crippen molar-refractivity contribution >= 4 is 58.9 Å². The third kappa shape index (κ3) is 7.56. The third-order valence-corrected chi connectivity index (χ3v) is 10.7. The van der Waals surface area contributed by atoms with Gasteiger partial charge in [-0.1, -0.05) is 6.07 Å². The molecule has 0 spiro atoms. The van der Waals surface area contributed by atoms with Crippen LogP contribution in [0.15, 0.2) is 62.7 Å². The number of carbonyl (C=O) groups excluding carboxylic acids is 1. The van der Waals surface area contributed by atoms with Crippen LogP contribution in [0.3, 0.4) is 0 Å². The van der Waals surface area contributed by atoms with Gasteiger partial charge in [0.2, 0.25) is 27.4 Å². The molecule has 5 rings (SSSR count). The molecule has 0 unspecified atom stereocenters. The number of fused-ring (bicyclic) bond motifs is 2. The maximum atomic E-state index is 14.2. The number of rotatable bonds is 11. The minimum atomic E-state index is -5.36. The topological polar surface area (TPSA) is 282 Å². The predicted molar refractivity (Wildman–Crippen MR) is 173 cm³/mol. The van der Waals surface area contributed by atoms with E-state index >= 15 is 0 Å². The standard InChI is InChI=1S/C30H21F4N3O13S3/c31-17-11-18(32)23(34)26(22(17)33)50-30(40)12-2-3-13(16(10-12)29(38)39)21-14-4-6-19(35)27(52(44,45)37-8-1-9-51(41,42)43)24(14)49-25-15(21)5-7-20(36)28(25)53(46,47)48/h2-7,10-11,36-37H,1,8-9,35H2,(H,38,39)(H,41,42,43)(H,46,47,48). The summed E-state index contributed by atoms with van der Waals surface area (Å²) in [4.78, 5) is 23.4. The van der Waals surface area contributed by atoms with Crippen molar-refractivity contribution in [2.24, 2.45) is 0 Å². The van der Waals surface area contributed by atoms with Crippen LogP contribution in [0, 0.1) is 28.7 Å². The predicted octanol–water partition coefficient (Wildman–Crippen LogP) is 3.54. The van der Waals surface area contributed by atoms with E-state index in [9.17, 15) is 62.1 Å². The summed E-state index contributed by atoms with van der Waals surface area (Å²) in [6, 6.07) is 6.24. The van der Waals surface area contributed by atoms with Crippen molar-refractivity contribution in [3.8, 4) is 28.2 Å². The van der Waals surface area contributed by atoms with Crippen LogP contribution in [-0.4, -0.2) is 63.7 Å². The lowest BCUT2D eigenvalue weighted by atomic mass is 9.89. The number of carboxylic acids is 1. The molecular formula is C30H21F4N3O13S3. The molecule has 23 heteroatoms. The first-order chi connectivity index (χ1) is 24.5. The quantitative estimate of drug-likeness (QED) is 0.0163. The number of nitrogens with one attached hydrogen (secondary N) is 2. The van der Waals surface area contributed by atoms with Crippen LogP contribution in [0.25, 0.3) is 33.4 Å². The summed E-state index contributed by atoms with van der Waals surface area (Å²) in [6.07, 6.45) is -0.437. The number of carboxylic acid groups (broad SMARTS) is 1. The molecule has 280 valence electrons. The van der Waals surface area contributed by atoms with Gasteiger partial charge in [0.1, 0.15) is 4.90 Å². The number of sulfonamides is 1. The highest BCUT2D eigenvalue weighted by atomic mass is 32.2. The van der Waals surface area contributed by atoms with Gasteiger partial charge in [-0.2, -0.15) is 25.6 Å². The number of aromatic carboxylic acids is 1. The SMILES string of the molecule is N=c1ccc2c(-c3ccc(C(=O)Oc4c(F)c(F)cc(F)c4F)cc3C(=O)O)c3ccc(N)c(S(=O)(=O)NCCCS(=O)(=O)O)c3oc-2c1S(=O)(=O)O. The molecule has 2 aliphatic rings. The Hall–Kier alpha value is -5.46. The summed E-state index contributed by atoms with van der Waals surface area (Å²) in [6.45, 7) is -0.595. The van der Waals surface area contributed by atoms with Crippen LogP contribution in [-0.2, 0) is 30.3 Å². The van der Waals surface area contributed by atoms with Gasteiger partial charge >= 0.3 is 11.9 Å². The van der Waals surface area contributed by atoms with Crippen molar-refractivity contribution in [3.63, 3.8) is 0 Å². The van der Waals surface area contributed by atoms with Crippen molar-refractivity contribution in [2.75, 3.05) is 18.0 Å². The molecule has 0 saturated carbocycles. The highest BCUT2D eigenvalue weighted by Crippen LogP contribution is 2.46. The van der Waals surface area contributed by atoms with Crippen LogP contribution in [0.2, 0.25) is 0 Å². The summed E-state index contributed by atoms with van der Waals surface area (Å²) in [5, 5.41) is 17.2. The maximum Gasteiger partial charge on any atom is 0.343 e. The van der Waals surface area contributed by atoms with E-state index < -0.39 is 139 Å². The van der Waals surface area contributed by atoms with Gasteiger partial charge in [-0.3, -0.25) is 14.5 Å². The molecule has 3 aromatic carbocycles. The van der Waals surface area contributed by atoms with Crippen LogP contribution in [0.1, 0.15) is 27.1 Å². The molecule has 0 aromatic heterocycles. The lowest BCUT2D eigenvalue weighted by molar-refractivity contribution is 0.0697. The van der Waals surface area contributed by atoms with Crippen LogP contribution in [0.5, 0.6) is 5.75 Å². The highest BCUT2D eigenvalue weighted by Gasteiger charge is 2.33. The lowest BCUT2D eigenvalue weighted by Crippen LogP contribution is -2.27. The fourth-order valence-corrected chi connectivity index (χ4v) is 7.77. The van der Waals surface area contributed by atoms with Gasteiger partial charge in [-0.15, -0.1) is 0 Å². The molecule has 1 aliphatic heterocycles. The zero-order chi connectivity index (χ0) is 39.4. The van der Waals surface area contributed by atoms with E-state index in [2.05, 4.69) is 4.74 Å². The van der Waals surface area contributed by atoms with Crippen molar-refractivity contribution in [3.05, 3.63) is 88.3 Å². The average molecular weight is 804 g/mol. The first-order valence-corrected chi connectivity index (χ1v) is 18.8. The van der Waals surface area contributed by atoms with E-state index in [1.807, 2.05) is 4.72 Å². The number of nitrogen functional groups attached to an aromatic ring is 1. The van der Waals surface area contributed by atoms with Gasteiger partial charge in [-0.25, -0.2) is 31.5 Å². The second-order valence-corrected chi connectivity index (χ2v) is 15.6. The van der Waals surface area contributed by atoms with Crippen molar-refractivity contribution in [2.45, 2.75) is 16.2 Å². The molecule has 0 fully saturated rings. The van der Waals surface area contributed by atoms with E-state index in [1.54, 1.807) is 0 Å². The second kappa shape index (κ2) is 13.8. The van der Waals surface area contributed by atoms with Gasteiger partial charge in [0.05, 0.1) is 27.9 Å². The number of ether oxygens (including phenoxy) is 1. The fourth-order valence-electron chi connectivity index (χ4n) is 5.20. The van der Waals surface area contributed by atoms with Crippen molar-refractivity contribution in [1.29, 1.82) is 5.41 Å². The number of esters is 1. The highest BCUT2D eigenvalue weighted by molar-refractivity contribution is 7.90. The minimum absolute atomic E-state index is 0.151. The molecule has 0 bridgehead atoms. The Bertz CT molecular complexity index is 2730. The van der Waals surface area contributed by atoms with Crippen molar-refractivity contribution < 1.29 is 75.8 Å². The molecule has 0 saturated heterocycles. The largest absolute Gasteiger partial charge is 0.478 e. The van der Waals surface area contributed by atoms with Crippen LogP contribution < -0.4 is 20.5 Å². The normalized spacial score (nSPS) is 12.3. The maximum absolute atomic E-state index is 14.2. The van der Waals surface area contributed by atoms with E-state index in [0.717, 1.165) is 36.4 Å². The summed E-state index contributed by atoms with van der Waals surface area (Å²) < 4.78 is 161. The van der Waals surface area contributed by atoms with E-state index in [0.29, 0.717) is 6.07 Å². The lowest BCUT2D eigenvalue weighted by Gasteiger charge is -2.20. The first kappa shape index (κ1) is 38.8. The average Bonchev–Trinajstić information content (AvgIpc) is 3.05. The third-order valence-electron chi connectivity index (χ3n) is 7.42. The van der Waals surface area contributed by atoms with Gasteiger partial charge in [-0.05, 0) is 48.4 Å². The molecule has 53 heavy (non-hydrogen) atoms. The molecule has 1 aliphatic carbocycles. The summed E-state index contributed by atoms with van der Waals surface area (Å²) in [5.41, 5.74) is 1.95. The molecule has 7 N–H and O–H groups in total. The van der Waals surface area contributed by atoms with Gasteiger partial charge in [0, 0.05) is 29.1 Å². The fraction of sp³-hybridized carbons (Fsp3) is 0.100. The Balaban J connectivity index is 1.80. The molecule has 16 nitrogen and oxygen atoms in total. The monoisotopic (exact) mass is 803 g/mol. The van der Waals surface area contributed by atoms with Crippen LogP contribution >= 0.6 is 0 Å². The number of carbonyl (C=O) groups is 2. The zero-order valence-corrected chi connectivity index (χ0v) is 28.4. The number of anilines is 1. The molecule has 0 radical (unpaired) electrons. The van der Waals surface area contributed by atoms with E-state index in [1.165, 1.54) is 0 Å². The molecule has 3 aromatic rings. The van der Waals surface area contributed by atoms with E-state index in [-0.39, 0.29) is 22.6 Å². The number of hydrogen-bond acceptors (Lipinski definition) is 12. The zero-order valence-electron chi connectivity index (χ0n) is 26.0. The van der Waals surface area contributed by atoms with E-state index in [4.69, 9.17) is 20.1 Å². The molecule has 0 atom stereocenters. The number of halogens is 4. The molecule has 0 amide bonds. The summed E-state index contributed by atoms with van der Waals surface area (Å²) in [7, 11) is -14.7. The molecule has 1 heterocycles.